The number of nitrogens with one attached hydrogen (secondary N) is 1. The van der Waals surface area contributed by atoms with E-state index in [0.717, 1.165) is 27.9 Å². The Kier molecular flexibility index (Phi) is 4.23. The van der Waals surface area contributed by atoms with Crippen LogP contribution in [0, 0.1) is 6.92 Å². The summed E-state index contributed by atoms with van der Waals surface area (Å²) in [6.45, 7) is 2.53. The Labute approximate surface area is 150 Å². The van der Waals surface area contributed by atoms with E-state index in [9.17, 15) is 4.79 Å². The number of anilines is 1. The van der Waals surface area contributed by atoms with Crippen molar-refractivity contribution in [3.8, 4) is 11.5 Å². The number of rotatable bonds is 5. The first kappa shape index (κ1) is 16.1. The molecule has 130 valence electrons. The Bertz CT molecular complexity index is 1010. The zero-order valence-corrected chi connectivity index (χ0v) is 14.3. The summed E-state index contributed by atoms with van der Waals surface area (Å²) in [6.07, 6.45) is 4.07. The van der Waals surface area contributed by atoms with Crippen molar-refractivity contribution in [2.24, 2.45) is 0 Å². The molecule has 0 aliphatic rings. The molecule has 4 rings (SSSR count). The smallest absolute Gasteiger partial charge is 0.227 e. The molecular weight excluding hydrogens is 328 g/mol. The van der Waals surface area contributed by atoms with Crippen molar-refractivity contribution < 1.29 is 9.21 Å². The van der Waals surface area contributed by atoms with Crippen LogP contribution in [0.2, 0.25) is 0 Å². The number of oxazole rings is 1. The van der Waals surface area contributed by atoms with E-state index in [1.807, 2.05) is 61.7 Å². The van der Waals surface area contributed by atoms with E-state index in [0.29, 0.717) is 18.9 Å². The fraction of sp³-hybridized carbons (Fsp3) is 0.150. The molecule has 0 aliphatic heterocycles. The highest BCUT2D eigenvalue weighted by molar-refractivity contribution is 5.90. The van der Waals surface area contributed by atoms with Gasteiger partial charge in [0.25, 0.3) is 0 Å². The number of nitrogens with zero attached hydrogens (tertiary/aromatic N) is 3. The number of amides is 1. The summed E-state index contributed by atoms with van der Waals surface area (Å²) in [5.74, 6) is 0.519. The summed E-state index contributed by atoms with van der Waals surface area (Å²) >= 11 is 0. The molecule has 1 N–H and O–H groups in total. The third kappa shape index (κ3) is 3.49. The Morgan fingerprint density at radius 3 is 2.69 bits per heavy atom. The third-order valence-electron chi connectivity index (χ3n) is 4.04. The lowest BCUT2D eigenvalue weighted by atomic mass is 10.2. The maximum absolute atomic E-state index is 12.1. The minimum absolute atomic E-state index is 0.0484. The molecule has 0 unspecified atom stereocenters. The van der Waals surface area contributed by atoms with E-state index in [1.165, 1.54) is 0 Å². The highest BCUT2D eigenvalue weighted by atomic mass is 16.3. The first-order valence-corrected chi connectivity index (χ1v) is 8.42. The van der Waals surface area contributed by atoms with E-state index in [2.05, 4.69) is 15.4 Å². The summed E-state index contributed by atoms with van der Waals surface area (Å²) in [4.78, 5) is 16.6. The Hall–Kier alpha value is -3.41. The summed E-state index contributed by atoms with van der Waals surface area (Å²) < 4.78 is 7.53. The molecule has 0 saturated heterocycles. The second-order valence-electron chi connectivity index (χ2n) is 6.14. The zero-order valence-electron chi connectivity index (χ0n) is 14.3. The molecular formula is C20H18N4O2. The van der Waals surface area contributed by atoms with Crippen molar-refractivity contribution in [1.82, 2.24) is 14.8 Å². The van der Waals surface area contributed by atoms with Crippen LogP contribution in [0.1, 0.15) is 12.0 Å². The van der Waals surface area contributed by atoms with Gasteiger partial charge in [0.1, 0.15) is 5.52 Å². The fourth-order valence-electron chi connectivity index (χ4n) is 2.72. The van der Waals surface area contributed by atoms with Crippen LogP contribution in [-0.2, 0) is 11.3 Å². The van der Waals surface area contributed by atoms with Crippen LogP contribution < -0.4 is 5.32 Å². The molecule has 1 amide bonds. The van der Waals surface area contributed by atoms with Crippen molar-refractivity contribution in [3.05, 3.63) is 66.5 Å². The van der Waals surface area contributed by atoms with Gasteiger partial charge in [-0.2, -0.15) is 5.10 Å². The molecule has 0 spiro atoms. The van der Waals surface area contributed by atoms with E-state index >= 15 is 0 Å². The number of carbonyl (C=O) groups excluding carboxylic acids is 1. The zero-order chi connectivity index (χ0) is 17.9. The average Bonchev–Trinajstić information content (AvgIpc) is 3.26. The highest BCUT2D eigenvalue weighted by Crippen LogP contribution is 2.25. The lowest BCUT2D eigenvalue weighted by molar-refractivity contribution is -0.116. The van der Waals surface area contributed by atoms with Crippen molar-refractivity contribution in [2.75, 3.05) is 5.32 Å². The van der Waals surface area contributed by atoms with Crippen LogP contribution in [0.3, 0.4) is 0 Å². The molecule has 2 aromatic heterocycles. The molecule has 6 heteroatoms. The predicted molar refractivity (Wildman–Crippen MR) is 99.7 cm³/mol. The van der Waals surface area contributed by atoms with Crippen molar-refractivity contribution in [3.63, 3.8) is 0 Å². The lowest BCUT2D eigenvalue weighted by Crippen LogP contribution is -2.14. The van der Waals surface area contributed by atoms with Crippen LogP contribution >= 0.6 is 0 Å². The van der Waals surface area contributed by atoms with Gasteiger partial charge in [0.2, 0.25) is 11.8 Å². The number of aromatic nitrogens is 3. The predicted octanol–water partition coefficient (Wildman–Crippen LogP) is 4.03. The average molecular weight is 346 g/mol. The van der Waals surface area contributed by atoms with Crippen molar-refractivity contribution in [2.45, 2.75) is 19.9 Å². The quantitative estimate of drug-likeness (QED) is 0.592. The van der Waals surface area contributed by atoms with Crippen LogP contribution in [0.5, 0.6) is 0 Å². The van der Waals surface area contributed by atoms with Crippen LogP contribution in [0.25, 0.3) is 22.6 Å². The minimum Gasteiger partial charge on any atom is -0.436 e. The Balaban J connectivity index is 1.40. The fourth-order valence-corrected chi connectivity index (χ4v) is 2.72. The summed E-state index contributed by atoms with van der Waals surface area (Å²) in [6, 6.07) is 15.1. The van der Waals surface area contributed by atoms with Gasteiger partial charge in [-0.25, -0.2) is 4.98 Å². The Morgan fingerprint density at radius 1 is 1.15 bits per heavy atom. The largest absolute Gasteiger partial charge is 0.436 e. The van der Waals surface area contributed by atoms with Crippen LogP contribution in [0.15, 0.2) is 65.3 Å². The molecule has 0 saturated carbocycles. The maximum atomic E-state index is 12.1. The van der Waals surface area contributed by atoms with Gasteiger partial charge in [-0.1, -0.05) is 12.1 Å². The molecule has 0 atom stereocenters. The number of fused-ring (bicyclic) bond motifs is 1. The van der Waals surface area contributed by atoms with E-state index < -0.39 is 0 Å². The molecule has 0 fully saturated rings. The number of benzene rings is 2. The number of carbonyl (C=O) groups is 1. The molecule has 2 heterocycles. The van der Waals surface area contributed by atoms with Gasteiger partial charge >= 0.3 is 0 Å². The van der Waals surface area contributed by atoms with E-state index in [-0.39, 0.29) is 5.91 Å². The normalized spacial score (nSPS) is 11.0. The summed E-state index contributed by atoms with van der Waals surface area (Å²) in [7, 11) is 0. The Morgan fingerprint density at radius 2 is 1.96 bits per heavy atom. The number of hydrogen-bond donors (Lipinski definition) is 1. The molecule has 2 aromatic carbocycles. The first-order chi connectivity index (χ1) is 12.7. The molecule has 6 nitrogen and oxygen atoms in total. The van der Waals surface area contributed by atoms with Gasteiger partial charge in [-0.3, -0.25) is 9.48 Å². The minimum atomic E-state index is -0.0484. The monoisotopic (exact) mass is 346 g/mol. The second kappa shape index (κ2) is 6.84. The summed E-state index contributed by atoms with van der Waals surface area (Å²) in [5, 5.41) is 7.07. The van der Waals surface area contributed by atoms with Crippen molar-refractivity contribution >= 4 is 22.7 Å². The SMILES string of the molecule is Cc1cnn(CCC(=O)Nc2ccc(-c3nc4ccccc4o3)cc2)c1. The van der Waals surface area contributed by atoms with Crippen LogP contribution in [0.4, 0.5) is 5.69 Å². The van der Waals surface area contributed by atoms with Gasteiger partial charge in [-0.05, 0) is 48.9 Å². The second-order valence-corrected chi connectivity index (χ2v) is 6.14. The standard InChI is InChI=1S/C20H18N4O2/c1-14-12-21-24(13-14)11-10-19(25)22-16-8-6-15(7-9-16)20-23-17-4-2-3-5-18(17)26-20/h2-9,12-13H,10-11H2,1H3,(H,22,25). The molecule has 0 bridgehead atoms. The molecule has 0 radical (unpaired) electrons. The van der Waals surface area contributed by atoms with Crippen molar-refractivity contribution in [1.29, 1.82) is 0 Å². The summed E-state index contributed by atoms with van der Waals surface area (Å²) in [5.41, 5.74) is 4.28. The maximum Gasteiger partial charge on any atom is 0.227 e. The highest BCUT2D eigenvalue weighted by Gasteiger charge is 2.08. The third-order valence-corrected chi connectivity index (χ3v) is 4.04. The van der Waals surface area contributed by atoms with Gasteiger partial charge in [0.15, 0.2) is 5.58 Å². The molecule has 4 aromatic rings. The lowest BCUT2D eigenvalue weighted by Gasteiger charge is -2.06. The van der Waals surface area contributed by atoms with Gasteiger partial charge in [0.05, 0.1) is 6.20 Å². The number of aryl methyl sites for hydroxylation is 2. The topological polar surface area (TPSA) is 73.0 Å². The van der Waals surface area contributed by atoms with E-state index in [1.54, 1.807) is 10.9 Å². The van der Waals surface area contributed by atoms with Crippen LogP contribution in [-0.4, -0.2) is 20.7 Å². The first-order valence-electron chi connectivity index (χ1n) is 8.42. The molecule has 0 aliphatic carbocycles. The van der Waals surface area contributed by atoms with Gasteiger partial charge in [0, 0.05) is 30.4 Å². The molecule has 26 heavy (non-hydrogen) atoms. The number of para-hydroxylation sites is 2. The van der Waals surface area contributed by atoms with Gasteiger partial charge < -0.3 is 9.73 Å². The van der Waals surface area contributed by atoms with Gasteiger partial charge in [-0.15, -0.1) is 0 Å². The van der Waals surface area contributed by atoms with E-state index in [4.69, 9.17) is 4.42 Å². The number of hydrogen-bond acceptors (Lipinski definition) is 4.